The molecule has 0 fully saturated rings. The molecular formula is C22H22N2O6S. The average Bonchev–Trinajstić information content (AvgIpc) is 3.35. The largest absolute Gasteiger partial charge is 0.486 e. The number of carbonyl (C=O) groups excluding carboxylic acids is 3. The molecule has 2 heterocycles. The fourth-order valence-corrected chi connectivity index (χ4v) is 3.64. The number of thiazole rings is 1. The molecule has 0 unspecified atom stereocenters. The zero-order chi connectivity index (χ0) is 22.5. The number of hydrogen-bond donors (Lipinski definition) is 1. The molecule has 0 aliphatic heterocycles. The van der Waals surface area contributed by atoms with E-state index in [1.807, 2.05) is 31.2 Å². The Morgan fingerprint density at radius 2 is 1.77 bits per heavy atom. The number of methoxy groups -OCH3 is 1. The van der Waals surface area contributed by atoms with E-state index in [1.54, 1.807) is 19.2 Å². The Labute approximate surface area is 183 Å². The van der Waals surface area contributed by atoms with E-state index in [0.29, 0.717) is 27.6 Å². The molecule has 0 saturated heterocycles. The third kappa shape index (κ3) is 5.18. The Hall–Kier alpha value is -3.46. The van der Waals surface area contributed by atoms with Crippen LogP contribution in [0.25, 0.3) is 0 Å². The fraction of sp³-hybridized carbons (Fsp3) is 0.273. The van der Waals surface area contributed by atoms with Crippen LogP contribution in [-0.2, 0) is 16.1 Å². The third-order valence-electron chi connectivity index (χ3n) is 4.58. The van der Waals surface area contributed by atoms with Crippen molar-refractivity contribution >= 4 is 29.1 Å². The van der Waals surface area contributed by atoms with E-state index in [2.05, 4.69) is 9.97 Å². The van der Waals surface area contributed by atoms with Gasteiger partial charge in [0.2, 0.25) is 5.78 Å². The summed E-state index contributed by atoms with van der Waals surface area (Å²) in [7, 11) is 1.27. The Bertz CT molecular complexity index is 1110. The highest BCUT2D eigenvalue weighted by molar-refractivity contribution is 7.09. The molecule has 0 amide bonds. The summed E-state index contributed by atoms with van der Waals surface area (Å²) in [5, 5.41) is 2.16. The third-order valence-corrected chi connectivity index (χ3v) is 5.41. The smallest absolute Gasteiger partial charge is 0.358 e. The average molecular weight is 442 g/mol. The van der Waals surface area contributed by atoms with Gasteiger partial charge < -0.3 is 19.2 Å². The predicted octanol–water partition coefficient (Wildman–Crippen LogP) is 3.80. The van der Waals surface area contributed by atoms with E-state index >= 15 is 0 Å². The van der Waals surface area contributed by atoms with Gasteiger partial charge in [-0.1, -0.05) is 17.7 Å². The van der Waals surface area contributed by atoms with Crippen molar-refractivity contribution in [3.63, 3.8) is 0 Å². The van der Waals surface area contributed by atoms with Gasteiger partial charge in [0.25, 0.3) is 0 Å². The summed E-state index contributed by atoms with van der Waals surface area (Å²) in [6, 6.07) is 7.61. The Morgan fingerprint density at radius 1 is 1.06 bits per heavy atom. The van der Waals surface area contributed by atoms with Gasteiger partial charge >= 0.3 is 11.9 Å². The number of benzene rings is 1. The number of carbonyl (C=O) groups is 3. The van der Waals surface area contributed by atoms with Gasteiger partial charge in [0.1, 0.15) is 17.4 Å². The zero-order valence-corrected chi connectivity index (χ0v) is 18.4. The lowest BCUT2D eigenvalue weighted by molar-refractivity contribution is 0.0467. The number of hydrogen-bond acceptors (Lipinski definition) is 8. The maximum absolute atomic E-state index is 12.5. The first-order valence-electron chi connectivity index (χ1n) is 9.41. The van der Waals surface area contributed by atoms with Gasteiger partial charge in [-0.2, -0.15) is 0 Å². The number of rotatable bonds is 8. The molecule has 8 nitrogen and oxygen atoms in total. The number of aromatic amines is 1. The minimum Gasteiger partial charge on any atom is -0.486 e. The number of aryl methyl sites for hydroxylation is 2. The number of nitrogens with one attached hydrogen (secondary N) is 1. The summed E-state index contributed by atoms with van der Waals surface area (Å²) in [6.07, 6.45) is 0. The van der Waals surface area contributed by atoms with Gasteiger partial charge in [-0.15, -0.1) is 11.3 Å². The number of ketones is 1. The number of ether oxygens (including phenoxy) is 3. The van der Waals surface area contributed by atoms with Crippen molar-refractivity contribution in [2.45, 2.75) is 27.4 Å². The molecule has 2 aromatic heterocycles. The molecule has 1 aromatic carbocycles. The minimum absolute atomic E-state index is 0.106. The van der Waals surface area contributed by atoms with Crippen LogP contribution in [0.15, 0.2) is 29.6 Å². The molecule has 0 aliphatic carbocycles. The maximum Gasteiger partial charge on any atom is 0.358 e. The van der Waals surface area contributed by atoms with Gasteiger partial charge in [-0.3, -0.25) is 4.79 Å². The molecule has 0 radical (unpaired) electrons. The molecule has 3 aromatic rings. The van der Waals surface area contributed by atoms with Crippen LogP contribution < -0.4 is 4.74 Å². The number of aromatic nitrogens is 2. The van der Waals surface area contributed by atoms with Crippen molar-refractivity contribution in [1.29, 1.82) is 0 Å². The lowest BCUT2D eigenvalue weighted by atomic mass is 10.1. The molecule has 9 heteroatoms. The first-order chi connectivity index (χ1) is 14.8. The predicted molar refractivity (Wildman–Crippen MR) is 114 cm³/mol. The summed E-state index contributed by atoms with van der Waals surface area (Å²) in [5.41, 5.74) is 2.71. The normalized spacial score (nSPS) is 10.6. The topological polar surface area (TPSA) is 108 Å². The lowest BCUT2D eigenvalue weighted by Crippen LogP contribution is -2.16. The van der Waals surface area contributed by atoms with Gasteiger partial charge in [-0.05, 0) is 38.5 Å². The van der Waals surface area contributed by atoms with Gasteiger partial charge in [0.15, 0.2) is 12.3 Å². The summed E-state index contributed by atoms with van der Waals surface area (Å²) in [4.78, 5) is 43.6. The van der Waals surface area contributed by atoms with E-state index in [9.17, 15) is 14.4 Å². The summed E-state index contributed by atoms with van der Waals surface area (Å²) >= 11 is 1.26. The molecule has 0 atom stereocenters. The maximum atomic E-state index is 12.5. The monoisotopic (exact) mass is 442 g/mol. The Kier molecular flexibility index (Phi) is 6.86. The lowest BCUT2D eigenvalue weighted by Gasteiger charge is -2.04. The van der Waals surface area contributed by atoms with Crippen molar-refractivity contribution in [1.82, 2.24) is 9.97 Å². The molecular weight excluding hydrogens is 420 g/mol. The molecule has 0 bridgehead atoms. The van der Waals surface area contributed by atoms with Crippen LogP contribution >= 0.6 is 11.3 Å². The second-order valence-corrected chi connectivity index (χ2v) is 7.79. The van der Waals surface area contributed by atoms with Crippen LogP contribution in [0.1, 0.15) is 53.2 Å². The molecule has 1 N–H and O–H groups in total. The van der Waals surface area contributed by atoms with Crippen LogP contribution in [0.3, 0.4) is 0 Å². The minimum atomic E-state index is -0.708. The van der Waals surface area contributed by atoms with E-state index in [-0.39, 0.29) is 18.0 Å². The first-order valence-corrected chi connectivity index (χ1v) is 10.3. The van der Waals surface area contributed by atoms with Crippen LogP contribution in [0.5, 0.6) is 5.75 Å². The first kappa shape index (κ1) is 22.2. The van der Waals surface area contributed by atoms with E-state index in [0.717, 1.165) is 5.56 Å². The highest BCUT2D eigenvalue weighted by atomic mass is 32.1. The van der Waals surface area contributed by atoms with Crippen LogP contribution in [0.4, 0.5) is 0 Å². The van der Waals surface area contributed by atoms with Gasteiger partial charge in [0.05, 0.1) is 18.4 Å². The van der Waals surface area contributed by atoms with Crippen LogP contribution in [0.2, 0.25) is 0 Å². The van der Waals surface area contributed by atoms with Crippen molar-refractivity contribution < 1.29 is 28.6 Å². The van der Waals surface area contributed by atoms with Crippen molar-refractivity contribution in [2.24, 2.45) is 0 Å². The molecule has 0 aliphatic rings. The van der Waals surface area contributed by atoms with Crippen LogP contribution in [-0.4, -0.2) is 41.4 Å². The summed E-state index contributed by atoms with van der Waals surface area (Å²) < 4.78 is 15.5. The van der Waals surface area contributed by atoms with E-state index < -0.39 is 24.3 Å². The van der Waals surface area contributed by atoms with E-state index in [4.69, 9.17) is 14.2 Å². The second-order valence-electron chi connectivity index (χ2n) is 6.84. The molecule has 0 spiro atoms. The Morgan fingerprint density at radius 3 is 2.45 bits per heavy atom. The van der Waals surface area contributed by atoms with Crippen molar-refractivity contribution in [2.75, 3.05) is 13.7 Å². The van der Waals surface area contributed by atoms with E-state index in [1.165, 1.54) is 18.4 Å². The number of H-pyrrole nitrogens is 1. The molecule has 31 heavy (non-hydrogen) atoms. The van der Waals surface area contributed by atoms with Crippen LogP contribution in [0, 0.1) is 20.8 Å². The zero-order valence-electron chi connectivity index (χ0n) is 17.6. The second kappa shape index (κ2) is 9.57. The number of nitrogens with zero attached hydrogens (tertiary/aromatic N) is 1. The summed E-state index contributed by atoms with van der Waals surface area (Å²) in [6.45, 7) is 5.02. The molecule has 162 valence electrons. The van der Waals surface area contributed by atoms with Gasteiger partial charge in [0, 0.05) is 11.1 Å². The number of Topliss-reactive ketones (excluding diaryl/α,β-unsaturated/α-hetero) is 1. The number of esters is 2. The fourth-order valence-electron chi connectivity index (χ4n) is 2.96. The SMILES string of the molecule is COC(=O)c1c(C)[nH]c(C(=O)COC(=O)c2csc(COc3ccc(C)cc3)n2)c1C. The molecule has 0 saturated carbocycles. The van der Waals surface area contributed by atoms with Crippen molar-refractivity contribution in [3.05, 3.63) is 68.4 Å². The van der Waals surface area contributed by atoms with Gasteiger partial charge in [-0.25, -0.2) is 14.6 Å². The quantitative estimate of drug-likeness (QED) is 0.418. The highest BCUT2D eigenvalue weighted by Crippen LogP contribution is 2.20. The standard InChI is InChI=1S/C22H22N2O6S/c1-12-5-7-15(8-6-12)29-10-18-24-16(11-31-18)21(26)30-9-17(25)20-13(2)19(14(3)23-20)22(27)28-4/h5-8,11,23H,9-10H2,1-4H3. The summed E-state index contributed by atoms with van der Waals surface area (Å²) in [5.74, 6) is -0.994. The Balaban J connectivity index is 1.57. The molecule has 3 rings (SSSR count). The highest BCUT2D eigenvalue weighted by Gasteiger charge is 2.23. The van der Waals surface area contributed by atoms with Crippen molar-refractivity contribution in [3.8, 4) is 5.75 Å².